The maximum Gasteiger partial charge on any atom is 0.308 e. The van der Waals surface area contributed by atoms with Crippen LogP contribution in [0.3, 0.4) is 0 Å². The van der Waals surface area contributed by atoms with Gasteiger partial charge in [0.2, 0.25) is 5.91 Å². The smallest absolute Gasteiger partial charge is 0.308 e. The number of carboxylic acids is 1. The monoisotopic (exact) mass is 290 g/mol. The van der Waals surface area contributed by atoms with Gasteiger partial charge in [0.25, 0.3) is 0 Å². The number of benzene rings is 1. The molecule has 2 rings (SSSR count). The van der Waals surface area contributed by atoms with E-state index in [-0.39, 0.29) is 18.4 Å². The Balaban J connectivity index is 2.00. The summed E-state index contributed by atoms with van der Waals surface area (Å²) in [7, 11) is 0. The number of rotatable bonds is 6. The van der Waals surface area contributed by atoms with E-state index in [0.29, 0.717) is 13.0 Å². The van der Waals surface area contributed by atoms with Crippen LogP contribution < -0.4 is 10.6 Å². The fourth-order valence-corrected chi connectivity index (χ4v) is 2.74. The summed E-state index contributed by atoms with van der Waals surface area (Å²) in [5, 5.41) is 15.2. The van der Waals surface area contributed by atoms with Crippen LogP contribution in [0.15, 0.2) is 24.3 Å². The van der Waals surface area contributed by atoms with E-state index in [1.165, 1.54) is 0 Å². The standard InChI is InChI=1S/C16H22N2O3/c1-2-5-12(16(20)21)9-18-15(19)14-10-17-8-11-6-3-4-7-13(11)14/h3-4,6-7,12,14,17H,2,5,8-10H2,1H3,(H,18,19)(H,20,21). The van der Waals surface area contributed by atoms with Crippen molar-refractivity contribution in [1.29, 1.82) is 0 Å². The fourth-order valence-electron chi connectivity index (χ4n) is 2.74. The van der Waals surface area contributed by atoms with Gasteiger partial charge in [-0.05, 0) is 17.5 Å². The van der Waals surface area contributed by atoms with E-state index >= 15 is 0 Å². The summed E-state index contributed by atoms with van der Waals surface area (Å²) in [6.45, 7) is 3.50. The van der Waals surface area contributed by atoms with Gasteiger partial charge in [-0.15, -0.1) is 0 Å². The first-order valence-electron chi connectivity index (χ1n) is 7.42. The van der Waals surface area contributed by atoms with Crippen LogP contribution in [0.25, 0.3) is 0 Å². The van der Waals surface area contributed by atoms with Gasteiger partial charge in [-0.25, -0.2) is 0 Å². The third kappa shape index (κ3) is 3.82. The van der Waals surface area contributed by atoms with Gasteiger partial charge in [0, 0.05) is 19.6 Å². The molecule has 1 heterocycles. The first-order chi connectivity index (χ1) is 10.1. The van der Waals surface area contributed by atoms with Crippen LogP contribution in [0.1, 0.15) is 36.8 Å². The van der Waals surface area contributed by atoms with Crippen molar-refractivity contribution in [3.63, 3.8) is 0 Å². The van der Waals surface area contributed by atoms with Gasteiger partial charge in [0.05, 0.1) is 11.8 Å². The van der Waals surface area contributed by atoms with Gasteiger partial charge in [0.15, 0.2) is 0 Å². The van der Waals surface area contributed by atoms with Crippen molar-refractivity contribution in [3.05, 3.63) is 35.4 Å². The van der Waals surface area contributed by atoms with E-state index in [9.17, 15) is 9.59 Å². The molecule has 1 amide bonds. The molecule has 0 aliphatic carbocycles. The van der Waals surface area contributed by atoms with Gasteiger partial charge < -0.3 is 15.7 Å². The van der Waals surface area contributed by atoms with E-state index in [1.807, 2.05) is 31.2 Å². The van der Waals surface area contributed by atoms with E-state index < -0.39 is 11.9 Å². The topological polar surface area (TPSA) is 78.4 Å². The maximum atomic E-state index is 12.3. The highest BCUT2D eigenvalue weighted by atomic mass is 16.4. The van der Waals surface area contributed by atoms with E-state index in [1.54, 1.807) is 0 Å². The molecule has 0 saturated carbocycles. The molecule has 2 unspecified atom stereocenters. The second-order valence-electron chi connectivity index (χ2n) is 5.45. The number of hydrogen-bond acceptors (Lipinski definition) is 3. The average molecular weight is 290 g/mol. The molecule has 21 heavy (non-hydrogen) atoms. The molecule has 1 aromatic rings. The minimum Gasteiger partial charge on any atom is -0.481 e. The average Bonchev–Trinajstić information content (AvgIpc) is 2.50. The molecule has 114 valence electrons. The lowest BCUT2D eigenvalue weighted by atomic mass is 9.90. The molecule has 5 nitrogen and oxygen atoms in total. The van der Waals surface area contributed by atoms with Crippen LogP contribution in [-0.4, -0.2) is 30.1 Å². The van der Waals surface area contributed by atoms with E-state index in [4.69, 9.17) is 5.11 Å². The highest BCUT2D eigenvalue weighted by Crippen LogP contribution is 2.23. The number of carbonyl (C=O) groups excluding carboxylic acids is 1. The zero-order valence-electron chi connectivity index (χ0n) is 12.3. The summed E-state index contributed by atoms with van der Waals surface area (Å²) in [5.74, 6) is -1.70. The second kappa shape index (κ2) is 7.22. The number of aliphatic carboxylic acids is 1. The number of hydrogen-bond donors (Lipinski definition) is 3. The number of carboxylic acid groups (broad SMARTS) is 1. The molecule has 1 aliphatic rings. The van der Waals surface area contributed by atoms with Crippen LogP contribution in [0.4, 0.5) is 0 Å². The molecule has 1 aromatic carbocycles. The number of nitrogens with one attached hydrogen (secondary N) is 2. The first kappa shape index (κ1) is 15.5. The summed E-state index contributed by atoms with van der Waals surface area (Å²) >= 11 is 0. The Labute approximate surface area is 124 Å². The van der Waals surface area contributed by atoms with Crippen LogP contribution in [0.2, 0.25) is 0 Å². The molecule has 0 fully saturated rings. The lowest BCUT2D eigenvalue weighted by Gasteiger charge is -2.26. The highest BCUT2D eigenvalue weighted by molar-refractivity contribution is 5.85. The van der Waals surface area contributed by atoms with Crippen LogP contribution in [-0.2, 0) is 16.1 Å². The van der Waals surface area contributed by atoms with Crippen molar-refractivity contribution in [2.75, 3.05) is 13.1 Å². The third-order valence-electron chi connectivity index (χ3n) is 3.92. The van der Waals surface area contributed by atoms with Gasteiger partial charge in [-0.1, -0.05) is 37.6 Å². The summed E-state index contributed by atoms with van der Waals surface area (Å²) < 4.78 is 0. The normalized spacial score (nSPS) is 18.6. The molecule has 3 N–H and O–H groups in total. The Morgan fingerprint density at radius 3 is 2.90 bits per heavy atom. The number of carbonyl (C=O) groups is 2. The minimum absolute atomic E-state index is 0.1000. The Hall–Kier alpha value is -1.88. The molecule has 5 heteroatoms. The molecule has 0 radical (unpaired) electrons. The summed E-state index contributed by atoms with van der Waals surface area (Å²) in [6.07, 6.45) is 1.37. The Kier molecular flexibility index (Phi) is 5.33. The zero-order valence-corrected chi connectivity index (χ0v) is 12.3. The number of amides is 1. The van der Waals surface area contributed by atoms with Gasteiger partial charge in [-0.3, -0.25) is 9.59 Å². The molecule has 0 spiro atoms. The molecule has 2 atom stereocenters. The van der Waals surface area contributed by atoms with Crippen LogP contribution in [0, 0.1) is 5.92 Å². The van der Waals surface area contributed by atoms with E-state index in [0.717, 1.165) is 24.1 Å². The lowest BCUT2D eigenvalue weighted by Crippen LogP contribution is -2.41. The molecule has 1 aliphatic heterocycles. The molecular weight excluding hydrogens is 268 g/mol. The molecule has 0 aromatic heterocycles. The predicted octanol–water partition coefficient (Wildman–Crippen LogP) is 1.49. The van der Waals surface area contributed by atoms with Crippen molar-refractivity contribution in [3.8, 4) is 0 Å². The van der Waals surface area contributed by atoms with Crippen LogP contribution in [0.5, 0.6) is 0 Å². The Morgan fingerprint density at radius 1 is 1.43 bits per heavy atom. The summed E-state index contributed by atoms with van der Waals surface area (Å²) in [6, 6.07) is 7.88. The van der Waals surface area contributed by atoms with Gasteiger partial charge in [0.1, 0.15) is 0 Å². The van der Waals surface area contributed by atoms with Crippen molar-refractivity contribution in [2.24, 2.45) is 5.92 Å². The fraction of sp³-hybridized carbons (Fsp3) is 0.500. The van der Waals surface area contributed by atoms with E-state index in [2.05, 4.69) is 10.6 Å². The zero-order chi connectivity index (χ0) is 15.2. The van der Waals surface area contributed by atoms with Crippen molar-refractivity contribution in [2.45, 2.75) is 32.2 Å². The molecule has 0 saturated heterocycles. The Bertz CT molecular complexity index is 516. The van der Waals surface area contributed by atoms with Crippen molar-refractivity contribution >= 4 is 11.9 Å². The SMILES string of the molecule is CCCC(CNC(=O)C1CNCc2ccccc21)C(=O)O. The highest BCUT2D eigenvalue weighted by Gasteiger charge is 2.27. The van der Waals surface area contributed by atoms with Crippen LogP contribution >= 0.6 is 0 Å². The number of fused-ring (bicyclic) bond motifs is 1. The Morgan fingerprint density at radius 2 is 2.19 bits per heavy atom. The molecule has 0 bridgehead atoms. The second-order valence-corrected chi connectivity index (χ2v) is 5.45. The maximum absolute atomic E-state index is 12.3. The lowest BCUT2D eigenvalue weighted by molar-refractivity contribution is -0.142. The summed E-state index contributed by atoms with van der Waals surface area (Å²) in [4.78, 5) is 23.5. The predicted molar refractivity (Wildman–Crippen MR) is 79.9 cm³/mol. The van der Waals surface area contributed by atoms with Gasteiger partial charge >= 0.3 is 5.97 Å². The molecular formula is C16H22N2O3. The van der Waals surface area contributed by atoms with Crippen molar-refractivity contribution < 1.29 is 14.7 Å². The third-order valence-corrected chi connectivity index (χ3v) is 3.92. The van der Waals surface area contributed by atoms with Crippen molar-refractivity contribution in [1.82, 2.24) is 10.6 Å². The minimum atomic E-state index is -0.848. The largest absolute Gasteiger partial charge is 0.481 e. The quantitative estimate of drug-likeness (QED) is 0.742. The summed E-state index contributed by atoms with van der Waals surface area (Å²) in [5.41, 5.74) is 2.17. The van der Waals surface area contributed by atoms with Gasteiger partial charge in [-0.2, -0.15) is 0 Å². The first-order valence-corrected chi connectivity index (χ1v) is 7.42.